The molecule has 3 aromatic heterocycles. The van der Waals surface area contributed by atoms with E-state index < -0.39 is 0 Å². The molecule has 3 nitrogen and oxygen atoms in total. The fraction of sp³-hybridized carbons (Fsp3) is 0.143. The van der Waals surface area contributed by atoms with Crippen molar-refractivity contribution in [3.63, 3.8) is 0 Å². The van der Waals surface area contributed by atoms with E-state index in [2.05, 4.69) is 10.3 Å². The molecule has 108 valence electrons. The Morgan fingerprint density at radius 2 is 2.19 bits per heavy atom. The van der Waals surface area contributed by atoms with Crippen LogP contribution in [-0.2, 0) is 0 Å². The molecule has 1 N–H and O–H groups in total. The van der Waals surface area contributed by atoms with E-state index in [1.54, 1.807) is 16.7 Å². The molecule has 1 atom stereocenters. The Morgan fingerprint density at radius 3 is 2.86 bits per heavy atom. The third kappa shape index (κ3) is 3.35. The molecule has 3 rings (SSSR count). The van der Waals surface area contributed by atoms with E-state index in [9.17, 15) is 4.79 Å². The lowest BCUT2D eigenvalue weighted by atomic mass is 10.2. The highest BCUT2D eigenvalue weighted by molar-refractivity contribution is 7.20. The molecular weight excluding hydrogens is 344 g/mol. The summed E-state index contributed by atoms with van der Waals surface area (Å²) in [7, 11) is 0. The van der Waals surface area contributed by atoms with Gasteiger partial charge in [0.05, 0.1) is 15.3 Å². The van der Waals surface area contributed by atoms with Crippen molar-refractivity contribution in [3.8, 4) is 9.88 Å². The van der Waals surface area contributed by atoms with Gasteiger partial charge in [-0.2, -0.15) is 0 Å². The van der Waals surface area contributed by atoms with Crippen LogP contribution in [0.4, 0.5) is 0 Å². The van der Waals surface area contributed by atoms with Crippen molar-refractivity contribution in [2.45, 2.75) is 13.0 Å². The predicted octanol–water partition coefficient (Wildman–Crippen LogP) is 5.08. The van der Waals surface area contributed by atoms with E-state index in [-0.39, 0.29) is 11.9 Å². The molecule has 0 saturated heterocycles. The molecule has 0 radical (unpaired) electrons. The van der Waals surface area contributed by atoms with E-state index in [4.69, 9.17) is 11.6 Å². The van der Waals surface area contributed by atoms with Gasteiger partial charge in [-0.3, -0.25) is 4.79 Å². The number of hydrogen-bond donors (Lipinski definition) is 1. The lowest BCUT2D eigenvalue weighted by Crippen LogP contribution is -2.26. The summed E-state index contributed by atoms with van der Waals surface area (Å²) in [6.07, 6.45) is 0. The van der Waals surface area contributed by atoms with Gasteiger partial charge in [-0.1, -0.05) is 17.7 Å². The Bertz CT molecular complexity index is 748. The van der Waals surface area contributed by atoms with Crippen LogP contribution in [0.15, 0.2) is 35.0 Å². The number of halogens is 1. The second kappa shape index (κ2) is 6.27. The minimum atomic E-state index is -0.161. The summed E-state index contributed by atoms with van der Waals surface area (Å²) in [6.45, 7) is 1.94. The summed E-state index contributed by atoms with van der Waals surface area (Å²) in [4.78, 5) is 18.7. The summed E-state index contributed by atoms with van der Waals surface area (Å²) in [5.74, 6) is -0.161. The average Bonchev–Trinajstić information content (AvgIpc) is 3.19. The van der Waals surface area contributed by atoms with Crippen molar-refractivity contribution >= 4 is 51.5 Å². The molecular formula is C14H11ClN2OS3. The number of thiophene rings is 2. The zero-order chi connectivity index (χ0) is 14.8. The van der Waals surface area contributed by atoms with Crippen molar-refractivity contribution in [3.05, 3.63) is 49.9 Å². The van der Waals surface area contributed by atoms with E-state index in [1.165, 1.54) is 22.7 Å². The maximum atomic E-state index is 12.2. The van der Waals surface area contributed by atoms with E-state index in [0.29, 0.717) is 5.69 Å². The Balaban J connectivity index is 1.71. The third-order valence-electron chi connectivity index (χ3n) is 2.84. The highest BCUT2D eigenvalue weighted by Gasteiger charge is 2.16. The quantitative estimate of drug-likeness (QED) is 0.710. The number of nitrogens with zero attached hydrogens (tertiary/aromatic N) is 1. The van der Waals surface area contributed by atoms with Crippen molar-refractivity contribution in [1.29, 1.82) is 0 Å². The lowest BCUT2D eigenvalue weighted by Gasteiger charge is -2.10. The maximum Gasteiger partial charge on any atom is 0.271 e. The molecule has 0 aliphatic carbocycles. The smallest absolute Gasteiger partial charge is 0.271 e. The highest BCUT2D eigenvalue weighted by Crippen LogP contribution is 2.29. The topological polar surface area (TPSA) is 42.0 Å². The summed E-state index contributed by atoms with van der Waals surface area (Å²) < 4.78 is 0.722. The van der Waals surface area contributed by atoms with Crippen LogP contribution >= 0.6 is 45.6 Å². The van der Waals surface area contributed by atoms with Crippen molar-refractivity contribution in [2.24, 2.45) is 0 Å². The highest BCUT2D eigenvalue weighted by atomic mass is 35.5. The number of amides is 1. The molecule has 0 fully saturated rings. The first-order valence-electron chi connectivity index (χ1n) is 6.19. The summed E-state index contributed by atoms with van der Waals surface area (Å²) in [6, 6.07) is 7.66. The number of aromatic nitrogens is 1. The summed E-state index contributed by atoms with van der Waals surface area (Å²) >= 11 is 10.5. The monoisotopic (exact) mass is 354 g/mol. The molecule has 3 heterocycles. The van der Waals surface area contributed by atoms with Crippen LogP contribution in [0.5, 0.6) is 0 Å². The van der Waals surface area contributed by atoms with Gasteiger partial charge < -0.3 is 5.32 Å². The zero-order valence-electron chi connectivity index (χ0n) is 11.0. The summed E-state index contributed by atoms with van der Waals surface area (Å²) in [5, 5.41) is 7.61. The predicted molar refractivity (Wildman–Crippen MR) is 90.6 cm³/mol. The molecule has 0 spiro atoms. The molecule has 21 heavy (non-hydrogen) atoms. The van der Waals surface area contributed by atoms with Crippen LogP contribution in [0, 0.1) is 0 Å². The van der Waals surface area contributed by atoms with Crippen LogP contribution in [0.3, 0.4) is 0 Å². The normalized spacial score (nSPS) is 12.3. The van der Waals surface area contributed by atoms with Gasteiger partial charge in [0.25, 0.3) is 5.91 Å². The number of thiazole rings is 1. The number of carbonyl (C=O) groups excluding carboxylic acids is 1. The first-order chi connectivity index (χ1) is 10.1. The van der Waals surface area contributed by atoms with Gasteiger partial charge in [-0.15, -0.1) is 34.0 Å². The number of hydrogen-bond acceptors (Lipinski definition) is 5. The fourth-order valence-corrected chi connectivity index (χ4v) is 4.47. The van der Waals surface area contributed by atoms with Gasteiger partial charge in [0.1, 0.15) is 10.7 Å². The van der Waals surface area contributed by atoms with E-state index in [1.807, 2.05) is 36.6 Å². The van der Waals surface area contributed by atoms with Crippen LogP contribution < -0.4 is 5.32 Å². The Hall–Kier alpha value is -1.21. The minimum Gasteiger partial charge on any atom is -0.343 e. The fourth-order valence-electron chi connectivity index (χ4n) is 1.79. The van der Waals surface area contributed by atoms with Gasteiger partial charge in [-0.05, 0) is 30.5 Å². The van der Waals surface area contributed by atoms with Crippen molar-refractivity contribution in [2.75, 3.05) is 0 Å². The third-order valence-corrected chi connectivity index (χ3v) is 6.13. The van der Waals surface area contributed by atoms with Crippen LogP contribution in [0.1, 0.15) is 28.3 Å². The molecule has 3 aromatic rings. The van der Waals surface area contributed by atoms with Crippen molar-refractivity contribution in [1.82, 2.24) is 10.3 Å². The Kier molecular flexibility index (Phi) is 4.40. The largest absolute Gasteiger partial charge is 0.343 e. The molecule has 0 aliphatic rings. The van der Waals surface area contributed by atoms with Crippen LogP contribution in [-0.4, -0.2) is 10.9 Å². The first-order valence-corrected chi connectivity index (χ1v) is 9.14. The van der Waals surface area contributed by atoms with E-state index in [0.717, 1.165) is 19.1 Å². The molecule has 0 aliphatic heterocycles. The van der Waals surface area contributed by atoms with Gasteiger partial charge in [0.2, 0.25) is 0 Å². The number of rotatable bonds is 4. The Morgan fingerprint density at radius 1 is 1.33 bits per heavy atom. The molecule has 1 amide bonds. The van der Waals surface area contributed by atoms with Crippen LogP contribution in [0.2, 0.25) is 4.34 Å². The van der Waals surface area contributed by atoms with Gasteiger partial charge in [0.15, 0.2) is 0 Å². The molecule has 0 aromatic carbocycles. The van der Waals surface area contributed by atoms with Gasteiger partial charge >= 0.3 is 0 Å². The molecule has 1 unspecified atom stereocenters. The molecule has 7 heteroatoms. The second-order valence-corrected chi connectivity index (χ2v) is 7.90. The van der Waals surface area contributed by atoms with E-state index >= 15 is 0 Å². The average molecular weight is 355 g/mol. The standard InChI is InChI=1S/C14H11ClN2OS3/c1-8(10-4-5-12(15)21-10)16-13(18)9-7-20-14(17-9)11-3-2-6-19-11/h2-8H,1H3,(H,16,18). The number of nitrogens with one attached hydrogen (secondary N) is 1. The number of carbonyl (C=O) groups is 1. The van der Waals surface area contributed by atoms with Crippen molar-refractivity contribution < 1.29 is 4.79 Å². The minimum absolute atomic E-state index is 0.0816. The molecule has 0 saturated carbocycles. The van der Waals surface area contributed by atoms with Gasteiger partial charge in [0, 0.05) is 10.3 Å². The first kappa shape index (κ1) is 14.7. The SMILES string of the molecule is CC(NC(=O)c1csc(-c2cccs2)n1)c1ccc(Cl)s1. The van der Waals surface area contributed by atoms with Gasteiger partial charge in [-0.25, -0.2) is 4.98 Å². The Labute approximate surface area is 139 Å². The maximum absolute atomic E-state index is 12.2. The van der Waals surface area contributed by atoms with Crippen LogP contribution in [0.25, 0.3) is 9.88 Å². The summed E-state index contributed by atoms with van der Waals surface area (Å²) in [5.41, 5.74) is 0.456. The molecule has 0 bridgehead atoms. The second-order valence-electron chi connectivity index (χ2n) is 4.35. The lowest BCUT2D eigenvalue weighted by molar-refractivity contribution is 0.0936. The zero-order valence-corrected chi connectivity index (χ0v) is 14.2.